The lowest BCUT2D eigenvalue weighted by Crippen LogP contribution is -2.52. The number of likely N-dealkylation sites (N-methyl/N-ethyl adjacent to an activating group) is 1. The summed E-state index contributed by atoms with van der Waals surface area (Å²) in [7, 11) is 1.79. The zero-order valence-corrected chi connectivity index (χ0v) is 22.5. The molecule has 3 aliphatic rings. The van der Waals surface area contributed by atoms with Crippen LogP contribution in [-0.2, 0) is 4.79 Å². The molecule has 0 aliphatic carbocycles. The van der Waals surface area contributed by atoms with Crippen LogP contribution in [-0.4, -0.2) is 66.9 Å². The van der Waals surface area contributed by atoms with E-state index >= 15 is 0 Å². The van der Waals surface area contributed by atoms with Crippen LogP contribution in [0.4, 0.5) is 14.6 Å². The zero-order valence-electron chi connectivity index (χ0n) is 22.5. The fourth-order valence-corrected chi connectivity index (χ4v) is 5.64. The third-order valence-electron chi connectivity index (χ3n) is 7.52. The molecule has 3 aliphatic heterocycles. The van der Waals surface area contributed by atoms with Gasteiger partial charge in [-0.25, -0.2) is 28.4 Å². The van der Waals surface area contributed by atoms with Gasteiger partial charge in [0.25, 0.3) is 11.8 Å². The first-order chi connectivity index (χ1) is 20.3. The molecule has 6 heterocycles. The number of amides is 1. The van der Waals surface area contributed by atoms with Crippen molar-refractivity contribution in [3.63, 3.8) is 0 Å². The van der Waals surface area contributed by atoms with Crippen LogP contribution < -0.4 is 15.2 Å². The average molecular weight is 571 g/mol. The molecule has 7 rings (SSSR count). The molecule has 1 unspecified atom stereocenters. The molecule has 212 valence electrons. The van der Waals surface area contributed by atoms with Crippen LogP contribution in [0.2, 0.25) is 0 Å². The van der Waals surface area contributed by atoms with E-state index in [4.69, 9.17) is 20.3 Å². The average Bonchev–Trinajstić information content (AvgIpc) is 3.39. The lowest BCUT2D eigenvalue weighted by atomic mass is 9.94. The highest BCUT2D eigenvalue weighted by atomic mass is 19.1. The molecule has 0 radical (unpaired) electrons. The minimum Gasteiger partial charge on any atom is -0.484 e. The predicted octanol–water partition coefficient (Wildman–Crippen LogP) is 3.83. The second kappa shape index (κ2) is 9.65. The molecule has 1 aromatic carbocycles. The summed E-state index contributed by atoms with van der Waals surface area (Å²) in [4.78, 5) is 30.2. The Morgan fingerprint density at radius 3 is 2.76 bits per heavy atom. The molecule has 0 saturated carbocycles. The number of fused-ring (bicyclic) bond motifs is 3. The Balaban J connectivity index is 1.44. The van der Waals surface area contributed by atoms with Crippen molar-refractivity contribution >= 4 is 28.3 Å². The molecule has 2 N–H and O–H groups in total. The maximum Gasteiger partial charge on any atom is 0.262 e. The minimum atomic E-state index is -0.626. The van der Waals surface area contributed by atoms with E-state index in [2.05, 4.69) is 15.0 Å². The number of rotatable bonds is 4. The summed E-state index contributed by atoms with van der Waals surface area (Å²) in [5.74, 6) is -0.490. The second-order valence-corrected chi connectivity index (χ2v) is 10.0. The van der Waals surface area contributed by atoms with E-state index in [0.717, 1.165) is 6.20 Å². The first-order valence-electron chi connectivity index (χ1n) is 13.2. The molecular weight excluding hydrogens is 546 g/mol. The number of nitrogen functional groups attached to an aromatic ring is 1. The maximum atomic E-state index is 14.4. The lowest BCUT2D eigenvalue weighted by molar-refractivity contribution is -0.127. The van der Waals surface area contributed by atoms with Crippen LogP contribution in [0.1, 0.15) is 18.5 Å². The predicted molar refractivity (Wildman–Crippen MR) is 149 cm³/mol. The van der Waals surface area contributed by atoms with Crippen molar-refractivity contribution < 1.29 is 23.0 Å². The molecule has 0 spiro atoms. The largest absolute Gasteiger partial charge is 0.484 e. The normalized spacial score (nSPS) is 18.8. The minimum absolute atomic E-state index is 0.202. The van der Waals surface area contributed by atoms with Crippen molar-refractivity contribution in [3.8, 4) is 22.9 Å². The van der Waals surface area contributed by atoms with E-state index in [0.29, 0.717) is 58.4 Å². The molecule has 13 heteroatoms. The lowest BCUT2D eigenvalue weighted by Gasteiger charge is -2.45. The number of hydrogen-bond donors (Lipinski definition) is 1. The van der Waals surface area contributed by atoms with E-state index < -0.39 is 29.8 Å². The Bertz CT molecular complexity index is 1870. The number of nitrogens with zero attached hydrogens (tertiary/aromatic N) is 7. The van der Waals surface area contributed by atoms with Crippen molar-refractivity contribution in [2.75, 3.05) is 26.0 Å². The Labute approximate surface area is 238 Å². The number of carbonyl (C=O) groups excluding carboxylic acids is 1. The third-order valence-corrected chi connectivity index (χ3v) is 7.52. The van der Waals surface area contributed by atoms with Crippen molar-refractivity contribution in [1.29, 1.82) is 0 Å². The van der Waals surface area contributed by atoms with Gasteiger partial charge in [0.1, 0.15) is 48.9 Å². The molecule has 11 nitrogen and oxygen atoms in total. The fraction of sp³-hybridized carbons (Fsp3) is 0.207. The number of nitrogens with two attached hydrogens (primary N) is 1. The number of anilines is 1. The van der Waals surface area contributed by atoms with Gasteiger partial charge in [-0.1, -0.05) is 12.1 Å². The monoisotopic (exact) mass is 570 g/mol. The van der Waals surface area contributed by atoms with Crippen LogP contribution in [0.5, 0.6) is 11.6 Å². The number of pyridine rings is 1. The van der Waals surface area contributed by atoms with Crippen LogP contribution >= 0.6 is 0 Å². The number of ether oxygens (including phenoxy) is 2. The zero-order chi connectivity index (χ0) is 29.1. The van der Waals surface area contributed by atoms with Crippen molar-refractivity contribution in [2.24, 2.45) is 0 Å². The van der Waals surface area contributed by atoms with Crippen molar-refractivity contribution in [2.45, 2.75) is 19.1 Å². The molecule has 4 aromatic rings. The van der Waals surface area contributed by atoms with Gasteiger partial charge < -0.3 is 20.1 Å². The maximum absolute atomic E-state index is 14.4. The third kappa shape index (κ3) is 3.96. The number of benzene rings is 1. The van der Waals surface area contributed by atoms with E-state index in [1.165, 1.54) is 35.5 Å². The van der Waals surface area contributed by atoms with Crippen LogP contribution in [0.25, 0.3) is 27.9 Å². The standard InChI is InChI=1S/C29H24F2N8O3/c1-15(25-22(16-4-3-5-18(30)10-16)29(40)38-13-19(31)6-7-21(38)37(25)2)39-27-23(26(32)34-14-35-27)24(36-39)17-11-20-28(33-12-17)42-9-8-41-20/h3-7,10-15,21H,8-9H2,1-2H3,(H2,32,34,35)/t15-,21?/m1/s1. The van der Waals surface area contributed by atoms with Gasteiger partial charge in [-0.2, -0.15) is 5.10 Å². The molecule has 3 aromatic heterocycles. The van der Waals surface area contributed by atoms with Crippen molar-refractivity contribution in [1.82, 2.24) is 34.5 Å². The number of carbonyl (C=O) groups is 1. The van der Waals surface area contributed by atoms with Gasteiger partial charge in [0.15, 0.2) is 11.4 Å². The van der Waals surface area contributed by atoms with E-state index in [1.54, 1.807) is 36.1 Å². The summed E-state index contributed by atoms with van der Waals surface area (Å²) < 4.78 is 41.7. The van der Waals surface area contributed by atoms with Gasteiger partial charge in [0.2, 0.25) is 0 Å². The number of halogens is 2. The van der Waals surface area contributed by atoms with Gasteiger partial charge in [-0.3, -0.25) is 9.69 Å². The summed E-state index contributed by atoms with van der Waals surface area (Å²) in [6, 6.07) is 6.89. The van der Waals surface area contributed by atoms with Gasteiger partial charge in [-0.05, 0) is 42.8 Å². The summed E-state index contributed by atoms with van der Waals surface area (Å²) in [6.07, 6.45) is 6.38. The summed E-state index contributed by atoms with van der Waals surface area (Å²) >= 11 is 0. The highest BCUT2D eigenvalue weighted by molar-refractivity contribution is 6.21. The molecular formula is C29H24F2N8O3. The summed E-state index contributed by atoms with van der Waals surface area (Å²) in [6.45, 7) is 2.65. The molecule has 0 bridgehead atoms. The number of hydrogen-bond acceptors (Lipinski definition) is 9. The fourth-order valence-electron chi connectivity index (χ4n) is 5.64. The summed E-state index contributed by atoms with van der Waals surface area (Å²) in [5.41, 5.74) is 8.91. The number of allylic oxidation sites excluding steroid dienone is 3. The van der Waals surface area contributed by atoms with Crippen LogP contribution in [0.3, 0.4) is 0 Å². The van der Waals surface area contributed by atoms with Gasteiger partial charge in [0.05, 0.1) is 22.7 Å². The highest BCUT2D eigenvalue weighted by Crippen LogP contribution is 2.41. The molecule has 42 heavy (non-hydrogen) atoms. The van der Waals surface area contributed by atoms with E-state index in [1.807, 2.05) is 11.8 Å². The Hall–Kier alpha value is -5.33. The Morgan fingerprint density at radius 1 is 1.10 bits per heavy atom. The van der Waals surface area contributed by atoms with Gasteiger partial charge in [-0.15, -0.1) is 0 Å². The van der Waals surface area contributed by atoms with Crippen molar-refractivity contribution in [3.05, 3.63) is 84.1 Å². The molecule has 0 saturated heterocycles. The molecule has 2 atom stereocenters. The van der Waals surface area contributed by atoms with E-state index in [-0.39, 0.29) is 11.4 Å². The van der Waals surface area contributed by atoms with E-state index in [9.17, 15) is 13.6 Å². The molecule has 1 amide bonds. The van der Waals surface area contributed by atoms with Gasteiger partial charge in [0, 0.05) is 25.0 Å². The highest BCUT2D eigenvalue weighted by Gasteiger charge is 2.41. The SMILES string of the molecule is C[C@H](C1=C(c2cccc(F)c2)C(=O)N2C=C(F)C=CC2N1C)n1nc(-c2cnc3c(c2)OCCO3)c2c(N)ncnc21. The number of aromatic nitrogens is 5. The van der Waals surface area contributed by atoms with Crippen LogP contribution in [0.15, 0.2) is 72.7 Å². The Morgan fingerprint density at radius 2 is 1.93 bits per heavy atom. The van der Waals surface area contributed by atoms with Crippen LogP contribution in [0, 0.1) is 5.82 Å². The summed E-state index contributed by atoms with van der Waals surface area (Å²) in [5, 5.41) is 5.40. The first kappa shape index (κ1) is 25.6. The Kier molecular flexibility index (Phi) is 5.89. The topological polar surface area (TPSA) is 125 Å². The van der Waals surface area contributed by atoms with Gasteiger partial charge >= 0.3 is 0 Å². The quantitative estimate of drug-likeness (QED) is 0.390. The first-order valence-corrected chi connectivity index (χ1v) is 13.2. The molecule has 0 fully saturated rings. The smallest absolute Gasteiger partial charge is 0.262 e. The second-order valence-electron chi connectivity index (χ2n) is 10.0.